The van der Waals surface area contributed by atoms with Crippen LogP contribution in [-0.4, -0.2) is 17.2 Å². The van der Waals surface area contributed by atoms with Gasteiger partial charge in [-0.25, -0.2) is 0 Å². The first-order chi connectivity index (χ1) is 9.60. The van der Waals surface area contributed by atoms with E-state index >= 15 is 0 Å². The van der Waals surface area contributed by atoms with Crippen molar-refractivity contribution in [1.82, 2.24) is 4.98 Å². The van der Waals surface area contributed by atoms with E-state index in [1.54, 1.807) is 0 Å². The molecule has 1 aliphatic rings. The maximum Gasteiger partial charge on any atom is 0.240 e. The number of aromatic nitrogens is 1. The molecule has 2 atom stereocenters. The molecular formula is C16H26N2O2. The standard InChI is InChI=1S/C16H26N2O2/c1-4-12-7-5-6-8-14(12)20-15-10-9-13(17)16(18-15)19-11(2)3/h9-12,14H,4-8,17H2,1-3H3. The Kier molecular flexibility index (Phi) is 5.10. The van der Waals surface area contributed by atoms with E-state index in [2.05, 4.69) is 11.9 Å². The van der Waals surface area contributed by atoms with Crippen LogP contribution in [-0.2, 0) is 0 Å². The summed E-state index contributed by atoms with van der Waals surface area (Å²) in [4.78, 5) is 4.41. The smallest absolute Gasteiger partial charge is 0.240 e. The normalized spacial score (nSPS) is 22.8. The zero-order valence-corrected chi connectivity index (χ0v) is 12.8. The molecule has 0 aromatic carbocycles. The third kappa shape index (κ3) is 3.78. The van der Waals surface area contributed by atoms with Crippen LogP contribution in [0.5, 0.6) is 11.8 Å². The second-order valence-electron chi connectivity index (χ2n) is 5.82. The number of pyridine rings is 1. The summed E-state index contributed by atoms with van der Waals surface area (Å²) < 4.78 is 11.7. The van der Waals surface area contributed by atoms with Gasteiger partial charge in [0.1, 0.15) is 6.10 Å². The second kappa shape index (κ2) is 6.82. The van der Waals surface area contributed by atoms with E-state index in [1.807, 2.05) is 26.0 Å². The summed E-state index contributed by atoms with van der Waals surface area (Å²) in [5.74, 6) is 1.74. The average molecular weight is 278 g/mol. The van der Waals surface area contributed by atoms with Crippen molar-refractivity contribution in [1.29, 1.82) is 0 Å². The number of anilines is 1. The molecule has 2 unspecified atom stereocenters. The largest absolute Gasteiger partial charge is 0.474 e. The average Bonchev–Trinajstić information content (AvgIpc) is 2.42. The Morgan fingerprint density at radius 2 is 2.05 bits per heavy atom. The van der Waals surface area contributed by atoms with Gasteiger partial charge < -0.3 is 15.2 Å². The van der Waals surface area contributed by atoms with Gasteiger partial charge in [0.15, 0.2) is 0 Å². The number of nitrogens with zero attached hydrogens (tertiary/aromatic N) is 1. The van der Waals surface area contributed by atoms with E-state index < -0.39 is 0 Å². The van der Waals surface area contributed by atoms with Gasteiger partial charge in [0.25, 0.3) is 0 Å². The lowest BCUT2D eigenvalue weighted by molar-refractivity contribution is 0.0846. The van der Waals surface area contributed by atoms with Crippen molar-refractivity contribution in [3.8, 4) is 11.8 Å². The van der Waals surface area contributed by atoms with Crippen LogP contribution < -0.4 is 15.2 Å². The lowest BCUT2D eigenvalue weighted by Crippen LogP contribution is -2.30. The fraction of sp³-hybridized carbons (Fsp3) is 0.688. The van der Waals surface area contributed by atoms with Crippen LogP contribution >= 0.6 is 0 Å². The van der Waals surface area contributed by atoms with Gasteiger partial charge in [-0.3, -0.25) is 0 Å². The molecule has 2 rings (SSSR count). The Bertz CT molecular complexity index is 434. The van der Waals surface area contributed by atoms with Crippen LogP contribution in [0.15, 0.2) is 12.1 Å². The number of rotatable bonds is 5. The monoisotopic (exact) mass is 278 g/mol. The van der Waals surface area contributed by atoms with Crippen LogP contribution in [0.2, 0.25) is 0 Å². The SMILES string of the molecule is CCC1CCCCC1Oc1ccc(N)c(OC(C)C)n1. The highest BCUT2D eigenvalue weighted by atomic mass is 16.5. The van der Waals surface area contributed by atoms with Crippen molar-refractivity contribution in [2.75, 3.05) is 5.73 Å². The summed E-state index contributed by atoms with van der Waals surface area (Å²) in [6.45, 7) is 6.15. The Balaban J connectivity index is 2.08. The zero-order valence-electron chi connectivity index (χ0n) is 12.8. The number of nitrogens with two attached hydrogens (primary N) is 1. The molecule has 1 heterocycles. The van der Waals surface area contributed by atoms with E-state index in [4.69, 9.17) is 15.2 Å². The molecule has 1 aromatic rings. The van der Waals surface area contributed by atoms with E-state index in [-0.39, 0.29) is 12.2 Å². The van der Waals surface area contributed by atoms with Crippen molar-refractivity contribution < 1.29 is 9.47 Å². The number of hydrogen-bond donors (Lipinski definition) is 1. The minimum atomic E-state index is 0.0538. The minimum absolute atomic E-state index is 0.0538. The Morgan fingerprint density at radius 3 is 2.75 bits per heavy atom. The third-order valence-electron chi connectivity index (χ3n) is 3.85. The number of ether oxygens (including phenoxy) is 2. The van der Waals surface area contributed by atoms with Gasteiger partial charge in [-0.15, -0.1) is 0 Å². The summed E-state index contributed by atoms with van der Waals surface area (Å²) >= 11 is 0. The fourth-order valence-corrected chi connectivity index (χ4v) is 2.77. The van der Waals surface area contributed by atoms with Gasteiger partial charge in [0.2, 0.25) is 11.8 Å². The van der Waals surface area contributed by atoms with Crippen molar-refractivity contribution >= 4 is 5.69 Å². The summed E-state index contributed by atoms with van der Waals surface area (Å²) in [5, 5.41) is 0. The molecular weight excluding hydrogens is 252 g/mol. The quantitative estimate of drug-likeness (QED) is 0.890. The molecule has 0 saturated heterocycles. The molecule has 0 bridgehead atoms. The van der Waals surface area contributed by atoms with E-state index in [1.165, 1.54) is 19.3 Å². The number of nitrogen functional groups attached to an aromatic ring is 1. The summed E-state index contributed by atoms with van der Waals surface area (Å²) in [5.41, 5.74) is 6.44. The van der Waals surface area contributed by atoms with Crippen LogP contribution in [0.25, 0.3) is 0 Å². The van der Waals surface area contributed by atoms with Crippen molar-refractivity contribution in [3.05, 3.63) is 12.1 Å². The highest BCUT2D eigenvalue weighted by Gasteiger charge is 2.25. The predicted molar refractivity (Wildman–Crippen MR) is 81.1 cm³/mol. The van der Waals surface area contributed by atoms with Crippen LogP contribution in [0.4, 0.5) is 5.69 Å². The van der Waals surface area contributed by atoms with Crippen LogP contribution in [0.3, 0.4) is 0 Å². The summed E-state index contributed by atoms with van der Waals surface area (Å²) in [7, 11) is 0. The first-order valence-corrected chi connectivity index (χ1v) is 7.70. The molecule has 112 valence electrons. The summed E-state index contributed by atoms with van der Waals surface area (Å²) in [6, 6.07) is 3.65. The molecule has 4 nitrogen and oxygen atoms in total. The van der Waals surface area contributed by atoms with Gasteiger partial charge in [-0.1, -0.05) is 13.3 Å². The van der Waals surface area contributed by atoms with E-state index in [0.29, 0.717) is 23.4 Å². The van der Waals surface area contributed by atoms with Crippen LogP contribution in [0, 0.1) is 5.92 Å². The zero-order chi connectivity index (χ0) is 14.5. The predicted octanol–water partition coefficient (Wildman–Crippen LogP) is 3.80. The maximum absolute atomic E-state index is 6.09. The molecule has 2 N–H and O–H groups in total. The molecule has 1 aromatic heterocycles. The van der Waals surface area contributed by atoms with Crippen molar-refractivity contribution in [3.63, 3.8) is 0 Å². The van der Waals surface area contributed by atoms with Gasteiger partial charge in [-0.2, -0.15) is 4.98 Å². The third-order valence-corrected chi connectivity index (χ3v) is 3.85. The Hall–Kier alpha value is -1.45. The van der Waals surface area contributed by atoms with Gasteiger partial charge in [0, 0.05) is 6.07 Å². The van der Waals surface area contributed by atoms with Gasteiger partial charge in [-0.05, 0) is 51.5 Å². The lowest BCUT2D eigenvalue weighted by atomic mass is 9.85. The van der Waals surface area contributed by atoms with E-state index in [0.717, 1.165) is 12.8 Å². The molecule has 0 spiro atoms. The number of hydrogen-bond acceptors (Lipinski definition) is 4. The highest BCUT2D eigenvalue weighted by molar-refractivity contribution is 5.49. The van der Waals surface area contributed by atoms with Crippen molar-refractivity contribution in [2.24, 2.45) is 5.92 Å². The maximum atomic E-state index is 6.09. The Morgan fingerprint density at radius 1 is 1.30 bits per heavy atom. The molecule has 20 heavy (non-hydrogen) atoms. The second-order valence-corrected chi connectivity index (χ2v) is 5.82. The summed E-state index contributed by atoms with van der Waals surface area (Å²) in [6.07, 6.45) is 6.42. The first kappa shape index (κ1) is 14.9. The molecule has 1 aliphatic carbocycles. The molecule has 0 radical (unpaired) electrons. The topological polar surface area (TPSA) is 57.4 Å². The fourth-order valence-electron chi connectivity index (χ4n) is 2.77. The lowest BCUT2D eigenvalue weighted by Gasteiger charge is -2.30. The molecule has 4 heteroatoms. The molecule has 1 fully saturated rings. The van der Waals surface area contributed by atoms with E-state index in [9.17, 15) is 0 Å². The van der Waals surface area contributed by atoms with Crippen molar-refractivity contribution in [2.45, 2.75) is 65.1 Å². The highest BCUT2D eigenvalue weighted by Crippen LogP contribution is 2.31. The first-order valence-electron chi connectivity index (χ1n) is 7.70. The molecule has 1 saturated carbocycles. The van der Waals surface area contributed by atoms with Crippen LogP contribution in [0.1, 0.15) is 52.9 Å². The Labute approximate surface area is 121 Å². The minimum Gasteiger partial charge on any atom is -0.474 e. The van der Waals surface area contributed by atoms with Gasteiger partial charge >= 0.3 is 0 Å². The molecule has 0 amide bonds. The van der Waals surface area contributed by atoms with Gasteiger partial charge in [0.05, 0.1) is 11.8 Å². The molecule has 0 aliphatic heterocycles.